The number of H-pyrrole nitrogens is 2. The molecule has 0 radical (unpaired) electrons. The highest BCUT2D eigenvalue weighted by atomic mass is 35.5. The van der Waals surface area contributed by atoms with Crippen LogP contribution in [0.2, 0.25) is 20.1 Å². The zero-order valence-electron chi connectivity index (χ0n) is 16.1. The van der Waals surface area contributed by atoms with E-state index in [0.717, 1.165) is 0 Å². The summed E-state index contributed by atoms with van der Waals surface area (Å²) in [5, 5.41) is 2.68. The predicted octanol–water partition coefficient (Wildman–Crippen LogP) is 7.32. The van der Waals surface area contributed by atoms with Gasteiger partial charge in [0.1, 0.15) is 0 Å². The third-order valence-corrected chi connectivity index (χ3v) is 6.32. The molecule has 5 rings (SSSR count). The molecule has 3 aromatic carbocycles. The minimum atomic E-state index is -0.211. The Kier molecular flexibility index (Phi) is 5.26. The van der Waals surface area contributed by atoms with Gasteiger partial charge < -0.3 is 9.97 Å². The van der Waals surface area contributed by atoms with E-state index >= 15 is 0 Å². The van der Waals surface area contributed by atoms with Crippen molar-refractivity contribution in [2.45, 2.75) is 0 Å². The van der Waals surface area contributed by atoms with Crippen LogP contribution in [0.25, 0.3) is 44.3 Å². The summed E-state index contributed by atoms with van der Waals surface area (Å²) in [4.78, 5) is 32.2. The van der Waals surface area contributed by atoms with E-state index in [1.165, 1.54) is 12.1 Å². The van der Waals surface area contributed by atoms with Gasteiger partial charge in [-0.25, -0.2) is 0 Å². The minimum Gasteiger partial charge on any atom is -0.354 e. The average Bonchev–Trinajstić information content (AvgIpc) is 2.73. The molecular formula is C24H12Cl4N2O2. The van der Waals surface area contributed by atoms with E-state index in [1.54, 1.807) is 48.5 Å². The number of halogens is 4. The van der Waals surface area contributed by atoms with Crippen molar-refractivity contribution in [2.24, 2.45) is 0 Å². The van der Waals surface area contributed by atoms with Gasteiger partial charge in [-0.15, -0.1) is 0 Å². The Morgan fingerprint density at radius 3 is 1.31 bits per heavy atom. The smallest absolute Gasteiger partial charge is 0.190 e. The van der Waals surface area contributed by atoms with Crippen LogP contribution >= 0.6 is 46.4 Å². The molecule has 0 spiro atoms. The SMILES string of the molecule is O=c1cc(-c2ccc(Cl)cc2Cl)[nH]c2cc3c(=O)cc(-c4ccc(Cl)cc4Cl)[nH]c3cc12. The van der Waals surface area contributed by atoms with E-state index in [0.29, 0.717) is 64.4 Å². The van der Waals surface area contributed by atoms with Crippen molar-refractivity contribution in [3.05, 3.63) is 101 Å². The molecule has 5 aromatic rings. The molecule has 0 aliphatic rings. The lowest BCUT2D eigenvalue weighted by molar-refractivity contribution is 1.36. The number of aromatic nitrogens is 2. The maximum absolute atomic E-state index is 12.9. The normalized spacial score (nSPS) is 11.4. The van der Waals surface area contributed by atoms with E-state index < -0.39 is 0 Å². The fourth-order valence-electron chi connectivity index (χ4n) is 3.70. The van der Waals surface area contributed by atoms with Crippen molar-refractivity contribution >= 4 is 68.2 Å². The molecular weight excluding hydrogens is 490 g/mol. The zero-order valence-corrected chi connectivity index (χ0v) is 19.1. The van der Waals surface area contributed by atoms with Crippen molar-refractivity contribution in [1.82, 2.24) is 9.97 Å². The highest BCUT2D eigenvalue weighted by molar-refractivity contribution is 6.37. The monoisotopic (exact) mass is 500 g/mol. The summed E-state index contributed by atoms with van der Waals surface area (Å²) in [5.41, 5.74) is 2.96. The van der Waals surface area contributed by atoms with Crippen molar-refractivity contribution in [2.75, 3.05) is 0 Å². The van der Waals surface area contributed by atoms with E-state index in [4.69, 9.17) is 46.4 Å². The highest BCUT2D eigenvalue weighted by Gasteiger charge is 2.13. The molecule has 0 bridgehead atoms. The first-order valence-electron chi connectivity index (χ1n) is 9.45. The first-order chi connectivity index (χ1) is 15.3. The van der Waals surface area contributed by atoms with E-state index in [2.05, 4.69) is 9.97 Å². The number of fused-ring (bicyclic) bond motifs is 2. The summed E-state index contributed by atoms with van der Waals surface area (Å²) in [5.74, 6) is 0. The van der Waals surface area contributed by atoms with Crippen LogP contribution in [-0.2, 0) is 0 Å². The fraction of sp³-hybridized carbons (Fsp3) is 0. The molecule has 158 valence electrons. The summed E-state index contributed by atoms with van der Waals surface area (Å²) in [6.45, 7) is 0. The summed E-state index contributed by atoms with van der Waals surface area (Å²) in [7, 11) is 0. The highest BCUT2D eigenvalue weighted by Crippen LogP contribution is 2.31. The Bertz CT molecular complexity index is 1550. The van der Waals surface area contributed by atoms with Gasteiger partial charge in [-0.3, -0.25) is 9.59 Å². The molecule has 0 saturated heterocycles. The van der Waals surface area contributed by atoms with Gasteiger partial charge in [0.15, 0.2) is 10.9 Å². The third kappa shape index (κ3) is 3.70. The van der Waals surface area contributed by atoms with Crippen LogP contribution in [0.5, 0.6) is 0 Å². The number of nitrogens with one attached hydrogen (secondary N) is 2. The second-order valence-electron chi connectivity index (χ2n) is 7.29. The third-order valence-electron chi connectivity index (χ3n) is 5.22. The molecule has 2 aromatic heterocycles. The molecule has 4 nitrogen and oxygen atoms in total. The standard InChI is InChI=1S/C24H12Cl4N2O2/c25-11-1-3-13(17(27)5-11)21-9-23(31)15-8-20-16(7-19(15)29-21)24(32)10-22(30-20)14-4-2-12(26)6-18(14)28/h1-10H,(H,29,31)(H,30,32). The Hall–Kier alpha value is -2.76. The van der Waals surface area contributed by atoms with Gasteiger partial charge in [-0.2, -0.15) is 0 Å². The number of hydrogen-bond acceptors (Lipinski definition) is 2. The molecule has 2 heterocycles. The number of benzene rings is 3. The summed E-state index contributed by atoms with van der Waals surface area (Å²) in [6.07, 6.45) is 0. The van der Waals surface area contributed by atoms with Gasteiger partial charge in [0.25, 0.3) is 0 Å². The van der Waals surface area contributed by atoms with Gasteiger partial charge in [-0.05, 0) is 48.5 Å². The quantitative estimate of drug-likeness (QED) is 0.249. The lowest BCUT2D eigenvalue weighted by Gasteiger charge is -2.10. The lowest BCUT2D eigenvalue weighted by Crippen LogP contribution is -2.07. The Balaban J connectivity index is 1.73. The van der Waals surface area contributed by atoms with Gasteiger partial charge in [0.05, 0.1) is 32.5 Å². The largest absolute Gasteiger partial charge is 0.354 e. The predicted molar refractivity (Wildman–Crippen MR) is 134 cm³/mol. The lowest BCUT2D eigenvalue weighted by atomic mass is 10.1. The molecule has 0 unspecified atom stereocenters. The van der Waals surface area contributed by atoms with Crippen LogP contribution in [0.15, 0.2) is 70.3 Å². The Labute approximate surface area is 201 Å². The van der Waals surface area contributed by atoms with Gasteiger partial charge >= 0.3 is 0 Å². The van der Waals surface area contributed by atoms with E-state index in [9.17, 15) is 9.59 Å². The topological polar surface area (TPSA) is 65.7 Å². The molecule has 0 atom stereocenters. The molecule has 8 heteroatoms. The Morgan fingerprint density at radius 1 is 0.531 bits per heavy atom. The molecule has 0 amide bonds. The summed E-state index contributed by atoms with van der Waals surface area (Å²) >= 11 is 24.6. The molecule has 32 heavy (non-hydrogen) atoms. The summed E-state index contributed by atoms with van der Waals surface area (Å²) < 4.78 is 0. The van der Waals surface area contributed by atoms with Gasteiger partial charge in [-0.1, -0.05) is 46.4 Å². The van der Waals surface area contributed by atoms with Gasteiger partial charge in [0, 0.05) is 44.1 Å². The van der Waals surface area contributed by atoms with Crippen LogP contribution < -0.4 is 10.9 Å². The zero-order chi connectivity index (χ0) is 22.6. The molecule has 0 fully saturated rings. The molecule has 0 aliphatic heterocycles. The molecule has 0 saturated carbocycles. The average molecular weight is 502 g/mol. The fourth-order valence-corrected chi connectivity index (χ4v) is 4.72. The number of rotatable bonds is 2. The number of hydrogen-bond donors (Lipinski definition) is 2. The van der Waals surface area contributed by atoms with Crippen molar-refractivity contribution < 1.29 is 0 Å². The summed E-state index contributed by atoms with van der Waals surface area (Å²) in [6, 6.07) is 16.3. The molecule has 0 aliphatic carbocycles. The number of pyridine rings is 2. The first kappa shape index (κ1) is 21.1. The number of aromatic amines is 2. The van der Waals surface area contributed by atoms with Gasteiger partial charge in [0.2, 0.25) is 0 Å². The second-order valence-corrected chi connectivity index (χ2v) is 8.97. The van der Waals surface area contributed by atoms with Crippen LogP contribution in [0.1, 0.15) is 0 Å². The second kappa shape index (κ2) is 7.98. The maximum Gasteiger partial charge on any atom is 0.190 e. The van der Waals surface area contributed by atoms with E-state index in [1.807, 2.05) is 0 Å². The van der Waals surface area contributed by atoms with Crippen molar-refractivity contribution in [3.8, 4) is 22.5 Å². The minimum absolute atomic E-state index is 0.211. The molecule has 2 N–H and O–H groups in total. The van der Waals surface area contributed by atoms with Crippen molar-refractivity contribution in [3.63, 3.8) is 0 Å². The van der Waals surface area contributed by atoms with Crippen LogP contribution in [0.3, 0.4) is 0 Å². The van der Waals surface area contributed by atoms with Crippen LogP contribution in [0.4, 0.5) is 0 Å². The van der Waals surface area contributed by atoms with Crippen molar-refractivity contribution in [1.29, 1.82) is 0 Å². The Morgan fingerprint density at radius 2 is 0.938 bits per heavy atom. The van der Waals surface area contributed by atoms with Crippen LogP contribution in [0, 0.1) is 0 Å². The van der Waals surface area contributed by atoms with Crippen LogP contribution in [-0.4, -0.2) is 9.97 Å². The van der Waals surface area contributed by atoms with E-state index in [-0.39, 0.29) is 10.9 Å². The first-order valence-corrected chi connectivity index (χ1v) is 11.0. The maximum atomic E-state index is 12.9.